The molecule has 0 aliphatic carbocycles. The van der Waals surface area contributed by atoms with Crippen LogP contribution in [0.25, 0.3) is 0 Å². The summed E-state index contributed by atoms with van der Waals surface area (Å²) < 4.78 is 1.98. The normalized spacial score (nSPS) is 15.8. The number of piperidine rings is 1. The summed E-state index contributed by atoms with van der Waals surface area (Å²) in [6.07, 6.45) is 7.54. The van der Waals surface area contributed by atoms with Gasteiger partial charge in [0.25, 0.3) is 5.91 Å². The third kappa shape index (κ3) is 4.56. The van der Waals surface area contributed by atoms with Gasteiger partial charge in [0.2, 0.25) is 0 Å². The van der Waals surface area contributed by atoms with Gasteiger partial charge < -0.3 is 16.0 Å². The monoisotopic (exact) mass is 391 g/mol. The summed E-state index contributed by atoms with van der Waals surface area (Å²) in [4.78, 5) is 22.7. The lowest BCUT2D eigenvalue weighted by molar-refractivity contribution is 0.0996. The molecule has 1 aliphatic heterocycles. The minimum atomic E-state index is -0.646. The van der Waals surface area contributed by atoms with Gasteiger partial charge in [0.15, 0.2) is 16.7 Å². The molecule has 146 valence electrons. The van der Waals surface area contributed by atoms with Crippen LogP contribution in [0.3, 0.4) is 0 Å². The summed E-state index contributed by atoms with van der Waals surface area (Å²) in [5.74, 6) is -0.394. The SMILES string of the molecule is CCCN1CCC(n2cc(Nc3nc(Cl)c(CC)nc3C(N)=O)cn2)CC1. The first kappa shape index (κ1) is 19.6. The molecule has 8 nitrogen and oxygen atoms in total. The van der Waals surface area contributed by atoms with E-state index in [2.05, 4.69) is 32.2 Å². The van der Waals surface area contributed by atoms with E-state index in [0.717, 1.165) is 38.2 Å². The molecule has 0 spiro atoms. The van der Waals surface area contributed by atoms with E-state index in [1.165, 1.54) is 6.42 Å². The molecule has 0 radical (unpaired) electrons. The van der Waals surface area contributed by atoms with Gasteiger partial charge in [0.1, 0.15) is 0 Å². The zero-order valence-electron chi connectivity index (χ0n) is 15.8. The number of amides is 1. The fourth-order valence-electron chi connectivity index (χ4n) is 3.40. The van der Waals surface area contributed by atoms with Gasteiger partial charge in [0, 0.05) is 19.3 Å². The number of nitrogens with two attached hydrogens (primary N) is 1. The van der Waals surface area contributed by atoms with Crippen LogP contribution in [-0.2, 0) is 6.42 Å². The fraction of sp³-hybridized carbons (Fsp3) is 0.556. The molecule has 2 aromatic rings. The Balaban J connectivity index is 1.73. The highest BCUT2D eigenvalue weighted by atomic mass is 35.5. The number of anilines is 2. The Morgan fingerprint density at radius 2 is 2.07 bits per heavy atom. The first-order valence-electron chi connectivity index (χ1n) is 9.41. The van der Waals surface area contributed by atoms with Crippen molar-refractivity contribution in [3.8, 4) is 0 Å². The van der Waals surface area contributed by atoms with E-state index < -0.39 is 5.91 Å². The topological polar surface area (TPSA) is 102 Å². The van der Waals surface area contributed by atoms with E-state index in [1.807, 2.05) is 17.8 Å². The van der Waals surface area contributed by atoms with Crippen molar-refractivity contribution < 1.29 is 4.79 Å². The summed E-state index contributed by atoms with van der Waals surface area (Å²) >= 11 is 6.15. The molecule has 3 rings (SSSR count). The van der Waals surface area contributed by atoms with Gasteiger partial charge >= 0.3 is 0 Å². The lowest BCUT2D eigenvalue weighted by atomic mass is 10.1. The largest absolute Gasteiger partial charge is 0.364 e. The molecule has 1 aliphatic rings. The second-order valence-corrected chi connectivity index (χ2v) is 7.14. The summed E-state index contributed by atoms with van der Waals surface area (Å²) in [6.45, 7) is 7.43. The van der Waals surface area contributed by atoms with Gasteiger partial charge in [-0.25, -0.2) is 9.97 Å². The van der Waals surface area contributed by atoms with Crippen LogP contribution in [0.5, 0.6) is 0 Å². The van der Waals surface area contributed by atoms with Gasteiger partial charge in [-0.3, -0.25) is 9.48 Å². The molecule has 27 heavy (non-hydrogen) atoms. The number of hydrogen-bond donors (Lipinski definition) is 2. The van der Waals surface area contributed by atoms with Crippen LogP contribution in [-0.4, -0.2) is 50.2 Å². The average Bonchev–Trinajstić information content (AvgIpc) is 3.11. The van der Waals surface area contributed by atoms with E-state index in [9.17, 15) is 4.79 Å². The number of rotatable bonds is 7. The molecule has 0 saturated carbocycles. The highest BCUT2D eigenvalue weighted by Gasteiger charge is 2.21. The molecule has 1 fully saturated rings. The molecule has 3 N–H and O–H groups in total. The lowest BCUT2D eigenvalue weighted by Crippen LogP contribution is -2.35. The van der Waals surface area contributed by atoms with Crippen LogP contribution in [0.15, 0.2) is 12.4 Å². The maximum absolute atomic E-state index is 11.7. The molecular weight excluding hydrogens is 366 g/mol. The van der Waals surface area contributed by atoms with Gasteiger partial charge in [-0.15, -0.1) is 0 Å². The Bertz CT molecular complexity index is 799. The molecular formula is C18H26ClN7O. The van der Waals surface area contributed by atoms with Crippen LogP contribution in [0.4, 0.5) is 11.5 Å². The van der Waals surface area contributed by atoms with Crippen molar-refractivity contribution in [3.63, 3.8) is 0 Å². The Kier molecular flexibility index (Phi) is 6.28. The maximum Gasteiger partial charge on any atom is 0.271 e. The predicted molar refractivity (Wildman–Crippen MR) is 105 cm³/mol. The number of carbonyl (C=O) groups excluding carboxylic acids is 1. The smallest absolute Gasteiger partial charge is 0.271 e. The molecule has 2 aromatic heterocycles. The molecule has 3 heterocycles. The van der Waals surface area contributed by atoms with E-state index in [-0.39, 0.29) is 16.7 Å². The number of halogens is 1. The van der Waals surface area contributed by atoms with Crippen molar-refractivity contribution in [2.24, 2.45) is 5.73 Å². The lowest BCUT2D eigenvalue weighted by Gasteiger charge is -2.31. The van der Waals surface area contributed by atoms with Crippen LogP contribution >= 0.6 is 11.6 Å². The first-order valence-corrected chi connectivity index (χ1v) is 9.79. The molecule has 1 amide bonds. The molecule has 9 heteroatoms. The van der Waals surface area contributed by atoms with Crippen LogP contribution in [0.2, 0.25) is 5.15 Å². The average molecular weight is 392 g/mol. The van der Waals surface area contributed by atoms with Crippen LogP contribution in [0.1, 0.15) is 55.3 Å². The van der Waals surface area contributed by atoms with Crippen molar-refractivity contribution >= 4 is 29.0 Å². The Morgan fingerprint density at radius 3 is 2.70 bits per heavy atom. The van der Waals surface area contributed by atoms with E-state index in [0.29, 0.717) is 18.2 Å². The molecule has 0 atom stereocenters. The third-order valence-corrected chi connectivity index (χ3v) is 5.13. The van der Waals surface area contributed by atoms with Gasteiger partial charge in [-0.2, -0.15) is 5.10 Å². The summed E-state index contributed by atoms with van der Waals surface area (Å²) in [5, 5.41) is 7.82. The fourth-order valence-corrected chi connectivity index (χ4v) is 3.66. The zero-order valence-corrected chi connectivity index (χ0v) is 16.5. The Hall–Kier alpha value is -2.19. The number of nitrogens with one attached hydrogen (secondary N) is 1. The third-order valence-electron chi connectivity index (χ3n) is 4.82. The van der Waals surface area contributed by atoms with Crippen molar-refractivity contribution in [1.82, 2.24) is 24.6 Å². The van der Waals surface area contributed by atoms with E-state index in [4.69, 9.17) is 17.3 Å². The number of aromatic nitrogens is 4. The molecule has 0 aromatic carbocycles. The predicted octanol–water partition coefficient (Wildman–Crippen LogP) is 2.78. The summed E-state index contributed by atoms with van der Waals surface area (Å²) in [7, 11) is 0. The van der Waals surface area contributed by atoms with Crippen LogP contribution in [0, 0.1) is 0 Å². The molecule has 0 unspecified atom stereocenters. The van der Waals surface area contributed by atoms with Gasteiger partial charge in [-0.1, -0.05) is 25.4 Å². The number of carbonyl (C=O) groups is 1. The van der Waals surface area contributed by atoms with Crippen molar-refractivity contribution in [2.45, 2.75) is 45.6 Å². The number of hydrogen-bond acceptors (Lipinski definition) is 6. The van der Waals surface area contributed by atoms with Crippen LogP contribution < -0.4 is 11.1 Å². The standard InChI is InChI=1S/C18H26ClN7O/c1-3-7-25-8-5-13(6-9-25)26-11-12(10-21-26)22-18-15(17(20)27)23-14(4-2)16(19)24-18/h10-11,13H,3-9H2,1-2H3,(H2,20,27)(H,22,24). The number of primary amides is 1. The van der Waals surface area contributed by atoms with Crippen molar-refractivity contribution in [2.75, 3.05) is 25.0 Å². The zero-order chi connectivity index (χ0) is 19.4. The number of nitrogens with zero attached hydrogens (tertiary/aromatic N) is 5. The first-order chi connectivity index (χ1) is 13.0. The molecule has 0 bridgehead atoms. The highest BCUT2D eigenvalue weighted by Crippen LogP contribution is 2.26. The minimum Gasteiger partial charge on any atom is -0.364 e. The van der Waals surface area contributed by atoms with E-state index in [1.54, 1.807) is 6.20 Å². The van der Waals surface area contributed by atoms with Gasteiger partial charge in [0.05, 0.1) is 23.6 Å². The van der Waals surface area contributed by atoms with Crippen molar-refractivity contribution in [1.29, 1.82) is 0 Å². The van der Waals surface area contributed by atoms with Gasteiger partial charge in [-0.05, 0) is 32.2 Å². The quantitative estimate of drug-likeness (QED) is 0.752. The maximum atomic E-state index is 11.7. The summed E-state index contributed by atoms with van der Waals surface area (Å²) in [5.41, 5.74) is 6.80. The Morgan fingerprint density at radius 1 is 1.33 bits per heavy atom. The van der Waals surface area contributed by atoms with Crippen molar-refractivity contribution in [3.05, 3.63) is 28.9 Å². The Labute approximate surface area is 164 Å². The second kappa shape index (κ2) is 8.67. The highest BCUT2D eigenvalue weighted by molar-refractivity contribution is 6.30. The number of aryl methyl sites for hydroxylation is 1. The van der Waals surface area contributed by atoms with E-state index >= 15 is 0 Å². The second-order valence-electron chi connectivity index (χ2n) is 6.78. The molecule has 1 saturated heterocycles. The number of likely N-dealkylation sites (tertiary alicyclic amines) is 1. The minimum absolute atomic E-state index is 0.0804. The summed E-state index contributed by atoms with van der Waals surface area (Å²) in [6, 6.07) is 0.376.